The van der Waals surface area contributed by atoms with Gasteiger partial charge in [-0.2, -0.15) is 0 Å². The third kappa shape index (κ3) is 15.7. The summed E-state index contributed by atoms with van der Waals surface area (Å²) in [5.41, 5.74) is 0. The summed E-state index contributed by atoms with van der Waals surface area (Å²) in [6.45, 7) is 7.74. The van der Waals surface area contributed by atoms with Crippen molar-refractivity contribution >= 4 is 14.7 Å². The van der Waals surface area contributed by atoms with Crippen LogP contribution in [0, 0.1) is 0 Å². The van der Waals surface area contributed by atoms with Gasteiger partial charge in [-0.1, -0.05) is 78.1 Å². The third-order valence-corrected chi connectivity index (χ3v) is 9.20. The van der Waals surface area contributed by atoms with Crippen LogP contribution >= 0.6 is 14.7 Å². The van der Waals surface area contributed by atoms with E-state index in [2.05, 4.69) is 13.8 Å². The summed E-state index contributed by atoms with van der Waals surface area (Å²) in [4.78, 5) is 0. The highest BCUT2D eigenvalue weighted by atomic mass is 31.2. The standard InChI is InChI=1S/C18H40O3P2/c1-5-7-9-11-13-15-17-22(3,19)21-23(4,20)18-16-14-12-10-8-6-2/h5-18H2,1-4H3. The van der Waals surface area contributed by atoms with Gasteiger partial charge in [0.2, 0.25) is 14.7 Å². The minimum Gasteiger partial charge on any atom is -0.293 e. The Kier molecular flexibility index (Phi) is 13.9. The zero-order chi connectivity index (χ0) is 17.6. The van der Waals surface area contributed by atoms with E-state index in [0.29, 0.717) is 12.3 Å². The highest BCUT2D eigenvalue weighted by molar-refractivity contribution is 7.71. The molecule has 0 bridgehead atoms. The van der Waals surface area contributed by atoms with Gasteiger partial charge in [0.15, 0.2) is 0 Å². The molecule has 0 spiro atoms. The summed E-state index contributed by atoms with van der Waals surface area (Å²) in [5, 5.41) is 0. The summed E-state index contributed by atoms with van der Waals surface area (Å²) in [6, 6.07) is 0. The van der Waals surface area contributed by atoms with Crippen molar-refractivity contribution in [2.24, 2.45) is 0 Å². The van der Waals surface area contributed by atoms with Crippen molar-refractivity contribution in [2.45, 2.75) is 90.9 Å². The molecule has 0 aromatic heterocycles. The predicted octanol–water partition coefficient (Wildman–Crippen LogP) is 7.54. The van der Waals surface area contributed by atoms with Crippen LogP contribution in [0.15, 0.2) is 0 Å². The summed E-state index contributed by atoms with van der Waals surface area (Å²) < 4.78 is 30.6. The molecular formula is C18H40O3P2. The summed E-state index contributed by atoms with van der Waals surface area (Å²) >= 11 is 0. The maximum Gasteiger partial charge on any atom is 0.205 e. The minimum absolute atomic E-state index is 0.577. The van der Waals surface area contributed by atoms with E-state index in [9.17, 15) is 9.13 Å². The molecule has 0 saturated carbocycles. The van der Waals surface area contributed by atoms with Crippen molar-refractivity contribution in [2.75, 3.05) is 25.7 Å². The molecule has 0 aliphatic rings. The van der Waals surface area contributed by atoms with Gasteiger partial charge in [0.05, 0.1) is 0 Å². The number of hydrogen-bond acceptors (Lipinski definition) is 3. The number of unbranched alkanes of at least 4 members (excludes halogenated alkanes) is 10. The molecule has 0 aromatic carbocycles. The SMILES string of the molecule is CCCCCCCCP(C)(=O)OP(C)(=O)CCCCCCCC. The van der Waals surface area contributed by atoms with E-state index in [0.717, 1.165) is 25.7 Å². The molecule has 0 N–H and O–H groups in total. The Bertz CT molecular complexity index is 335. The van der Waals surface area contributed by atoms with Crippen molar-refractivity contribution in [1.82, 2.24) is 0 Å². The van der Waals surface area contributed by atoms with Crippen molar-refractivity contribution in [1.29, 1.82) is 0 Å². The first-order chi connectivity index (χ1) is 10.8. The van der Waals surface area contributed by atoms with Crippen LogP contribution in [-0.4, -0.2) is 25.7 Å². The second-order valence-electron chi connectivity index (χ2n) is 7.09. The van der Waals surface area contributed by atoms with Crippen LogP contribution < -0.4 is 0 Å². The largest absolute Gasteiger partial charge is 0.293 e. The molecular weight excluding hydrogens is 326 g/mol. The van der Waals surface area contributed by atoms with Crippen molar-refractivity contribution < 1.29 is 13.4 Å². The lowest BCUT2D eigenvalue weighted by molar-refractivity contribution is 0.459. The monoisotopic (exact) mass is 366 g/mol. The van der Waals surface area contributed by atoms with E-state index >= 15 is 0 Å². The van der Waals surface area contributed by atoms with Gasteiger partial charge in [-0.05, 0) is 12.8 Å². The molecule has 0 saturated heterocycles. The van der Waals surface area contributed by atoms with Gasteiger partial charge in [0, 0.05) is 25.7 Å². The highest BCUT2D eigenvalue weighted by Gasteiger charge is 2.26. The third-order valence-electron chi connectivity index (χ3n) is 4.18. The van der Waals surface area contributed by atoms with Gasteiger partial charge in [-0.3, -0.25) is 13.4 Å². The van der Waals surface area contributed by atoms with Gasteiger partial charge >= 0.3 is 0 Å². The Morgan fingerprint density at radius 1 is 0.565 bits per heavy atom. The maximum atomic E-state index is 12.5. The molecule has 0 aliphatic heterocycles. The van der Waals surface area contributed by atoms with Gasteiger partial charge in [-0.25, -0.2) is 0 Å². The van der Waals surface area contributed by atoms with Crippen molar-refractivity contribution in [3.63, 3.8) is 0 Å². The average molecular weight is 366 g/mol. The first kappa shape index (κ1) is 23.4. The Morgan fingerprint density at radius 3 is 1.22 bits per heavy atom. The highest BCUT2D eigenvalue weighted by Crippen LogP contribution is 2.60. The molecule has 23 heavy (non-hydrogen) atoms. The van der Waals surface area contributed by atoms with Crippen LogP contribution in [0.2, 0.25) is 0 Å². The van der Waals surface area contributed by atoms with Gasteiger partial charge in [0.25, 0.3) is 0 Å². The Labute approximate surface area is 145 Å². The van der Waals surface area contributed by atoms with Crippen LogP contribution in [0.5, 0.6) is 0 Å². The average Bonchev–Trinajstić information content (AvgIpc) is 2.45. The van der Waals surface area contributed by atoms with Gasteiger partial charge in [-0.15, -0.1) is 0 Å². The Balaban J connectivity index is 3.87. The van der Waals surface area contributed by atoms with Crippen LogP contribution in [-0.2, 0) is 13.4 Å². The molecule has 3 nitrogen and oxygen atoms in total. The number of rotatable bonds is 16. The van der Waals surface area contributed by atoms with E-state index in [-0.39, 0.29) is 0 Å². The minimum atomic E-state index is -2.70. The second kappa shape index (κ2) is 13.7. The smallest absolute Gasteiger partial charge is 0.205 e. The Morgan fingerprint density at radius 2 is 0.870 bits per heavy atom. The normalized spacial score (nSPS) is 16.9. The van der Waals surface area contributed by atoms with Crippen LogP contribution in [0.1, 0.15) is 90.9 Å². The molecule has 140 valence electrons. The summed E-state index contributed by atoms with van der Waals surface area (Å²) in [7, 11) is -5.40. The van der Waals surface area contributed by atoms with Crippen LogP contribution in [0.3, 0.4) is 0 Å². The second-order valence-corrected chi connectivity index (χ2v) is 12.7. The first-order valence-electron chi connectivity index (χ1n) is 9.67. The fraction of sp³-hybridized carbons (Fsp3) is 1.00. The molecule has 0 fully saturated rings. The molecule has 2 unspecified atom stereocenters. The van der Waals surface area contributed by atoms with Gasteiger partial charge < -0.3 is 0 Å². The maximum absolute atomic E-state index is 12.5. The predicted molar refractivity (Wildman–Crippen MR) is 105 cm³/mol. The molecule has 0 radical (unpaired) electrons. The Hall–Kier alpha value is 0.420. The lowest BCUT2D eigenvalue weighted by atomic mass is 10.1. The molecule has 0 aromatic rings. The van der Waals surface area contributed by atoms with Crippen molar-refractivity contribution in [3.8, 4) is 0 Å². The van der Waals surface area contributed by atoms with E-state index in [1.54, 1.807) is 13.3 Å². The van der Waals surface area contributed by atoms with E-state index in [1.807, 2.05) is 0 Å². The molecule has 2 atom stereocenters. The van der Waals surface area contributed by atoms with Crippen molar-refractivity contribution in [3.05, 3.63) is 0 Å². The summed E-state index contributed by atoms with van der Waals surface area (Å²) in [6.07, 6.45) is 15.2. The molecule has 0 aliphatic carbocycles. The van der Waals surface area contributed by atoms with Gasteiger partial charge in [0.1, 0.15) is 0 Å². The molecule has 0 amide bonds. The zero-order valence-corrected chi connectivity index (χ0v) is 17.8. The number of hydrogen-bond donors (Lipinski definition) is 0. The topological polar surface area (TPSA) is 43.4 Å². The summed E-state index contributed by atoms with van der Waals surface area (Å²) in [5.74, 6) is 0. The molecule has 0 heterocycles. The zero-order valence-electron chi connectivity index (χ0n) is 16.0. The lowest BCUT2D eigenvalue weighted by Crippen LogP contribution is -1.97. The lowest BCUT2D eigenvalue weighted by Gasteiger charge is -2.20. The molecule has 0 rings (SSSR count). The fourth-order valence-corrected chi connectivity index (χ4v) is 7.98. The van der Waals surface area contributed by atoms with E-state index < -0.39 is 14.7 Å². The van der Waals surface area contributed by atoms with E-state index in [4.69, 9.17) is 4.31 Å². The van der Waals surface area contributed by atoms with E-state index in [1.165, 1.54) is 51.4 Å². The van der Waals surface area contributed by atoms with Crippen LogP contribution in [0.4, 0.5) is 0 Å². The molecule has 5 heteroatoms. The first-order valence-corrected chi connectivity index (χ1v) is 14.2. The fourth-order valence-electron chi connectivity index (χ4n) is 2.81. The quantitative estimate of drug-likeness (QED) is 0.209. The van der Waals surface area contributed by atoms with Crippen LogP contribution in [0.25, 0.3) is 0 Å².